The van der Waals surface area contributed by atoms with E-state index < -0.39 is 0 Å². The molecule has 0 aromatic heterocycles. The molecule has 1 aromatic carbocycles. The lowest BCUT2D eigenvalue weighted by Crippen LogP contribution is -2.36. The van der Waals surface area contributed by atoms with Crippen molar-refractivity contribution in [3.05, 3.63) is 34.6 Å². The highest BCUT2D eigenvalue weighted by Crippen LogP contribution is 2.20. The van der Waals surface area contributed by atoms with Crippen molar-refractivity contribution in [2.45, 2.75) is 19.4 Å². The van der Waals surface area contributed by atoms with Gasteiger partial charge in [-0.25, -0.2) is 4.39 Å². The minimum Gasteiger partial charge on any atom is -0.319 e. The Kier molecular flexibility index (Phi) is 7.08. The molecule has 0 amide bonds. The van der Waals surface area contributed by atoms with Gasteiger partial charge in [0, 0.05) is 11.6 Å². The highest BCUT2D eigenvalue weighted by Gasteiger charge is 2.18. The van der Waals surface area contributed by atoms with Crippen LogP contribution in [0.15, 0.2) is 18.2 Å². The Labute approximate surface area is 125 Å². The fourth-order valence-electron chi connectivity index (χ4n) is 2.60. The third-order valence-corrected chi connectivity index (χ3v) is 3.75. The van der Waals surface area contributed by atoms with Crippen LogP contribution in [0.1, 0.15) is 18.4 Å². The number of hydrogen-bond donors (Lipinski definition) is 1. The summed E-state index contributed by atoms with van der Waals surface area (Å²) >= 11 is 5.87. The van der Waals surface area contributed by atoms with E-state index in [9.17, 15) is 4.39 Å². The first-order valence-corrected chi connectivity index (χ1v) is 6.87. The van der Waals surface area contributed by atoms with Gasteiger partial charge in [-0.1, -0.05) is 11.6 Å². The average molecular weight is 307 g/mol. The summed E-state index contributed by atoms with van der Waals surface area (Å²) in [5, 5.41) is 3.71. The molecule has 1 aliphatic rings. The maximum atomic E-state index is 13.2. The van der Waals surface area contributed by atoms with Crippen LogP contribution in [0.4, 0.5) is 4.39 Å². The summed E-state index contributed by atoms with van der Waals surface area (Å²) in [5.74, 6) is 0.532. The smallest absolute Gasteiger partial charge is 0.125 e. The van der Waals surface area contributed by atoms with Crippen molar-refractivity contribution in [1.29, 1.82) is 0 Å². The molecule has 5 heteroatoms. The zero-order valence-corrected chi connectivity index (χ0v) is 12.7. The quantitative estimate of drug-likeness (QED) is 0.918. The Bertz CT molecular complexity index is 373. The Balaban J connectivity index is 0.00000180. The van der Waals surface area contributed by atoms with Gasteiger partial charge in [0.05, 0.1) is 0 Å². The number of piperidine rings is 1. The van der Waals surface area contributed by atoms with Gasteiger partial charge in [0.25, 0.3) is 0 Å². The molecule has 1 heterocycles. The van der Waals surface area contributed by atoms with E-state index in [1.807, 2.05) is 13.1 Å². The van der Waals surface area contributed by atoms with Crippen molar-refractivity contribution in [1.82, 2.24) is 10.2 Å². The molecule has 0 atom stereocenters. The van der Waals surface area contributed by atoms with Crippen molar-refractivity contribution in [2.75, 3.05) is 26.7 Å². The number of likely N-dealkylation sites (tertiary alicyclic amines) is 1. The minimum atomic E-state index is -0.248. The molecule has 1 fully saturated rings. The van der Waals surface area contributed by atoms with Crippen LogP contribution in [0.5, 0.6) is 0 Å². The maximum Gasteiger partial charge on any atom is 0.125 e. The van der Waals surface area contributed by atoms with Gasteiger partial charge in [-0.2, -0.15) is 0 Å². The zero-order chi connectivity index (χ0) is 13.0. The van der Waals surface area contributed by atoms with Gasteiger partial charge in [-0.05, 0) is 69.2 Å². The molecular weight excluding hydrogens is 286 g/mol. The van der Waals surface area contributed by atoms with Crippen molar-refractivity contribution < 1.29 is 4.39 Å². The number of nitrogens with one attached hydrogen (secondary N) is 1. The molecule has 0 saturated carbocycles. The number of rotatable bonds is 4. The van der Waals surface area contributed by atoms with E-state index in [0.717, 1.165) is 37.7 Å². The fourth-order valence-corrected chi connectivity index (χ4v) is 2.84. The van der Waals surface area contributed by atoms with Crippen molar-refractivity contribution >= 4 is 24.0 Å². The van der Waals surface area contributed by atoms with Gasteiger partial charge < -0.3 is 5.32 Å². The summed E-state index contributed by atoms with van der Waals surface area (Å²) in [6.45, 7) is 4.06. The van der Waals surface area contributed by atoms with Crippen molar-refractivity contribution in [2.24, 2.45) is 5.92 Å². The summed E-state index contributed by atoms with van der Waals surface area (Å²) in [5.41, 5.74) is 0.965. The normalized spacial score (nSPS) is 17.2. The lowest BCUT2D eigenvalue weighted by Gasteiger charge is -2.31. The number of benzene rings is 1. The first-order chi connectivity index (χ1) is 8.67. The molecule has 2 rings (SSSR count). The highest BCUT2D eigenvalue weighted by molar-refractivity contribution is 6.30. The molecule has 0 bridgehead atoms. The Morgan fingerprint density at radius 1 is 1.32 bits per heavy atom. The average Bonchev–Trinajstić information content (AvgIpc) is 2.31. The predicted molar refractivity (Wildman–Crippen MR) is 80.6 cm³/mol. The second-order valence-electron chi connectivity index (χ2n) is 5.05. The molecule has 19 heavy (non-hydrogen) atoms. The molecular formula is C14H21Cl2FN2. The van der Waals surface area contributed by atoms with Crippen LogP contribution in [0.2, 0.25) is 5.02 Å². The van der Waals surface area contributed by atoms with Crippen LogP contribution in [0, 0.1) is 11.7 Å². The molecule has 0 spiro atoms. The molecule has 108 valence electrons. The molecule has 0 unspecified atom stereocenters. The standard InChI is InChI=1S/C14H20ClFN2.ClH/c1-17-9-11-2-4-18(5-3-11)10-12-6-13(15)8-14(16)7-12;/h6-8,11,17H,2-5,9-10H2,1H3;1H. The lowest BCUT2D eigenvalue weighted by atomic mass is 9.96. The summed E-state index contributed by atoms with van der Waals surface area (Å²) in [7, 11) is 2.00. The Morgan fingerprint density at radius 2 is 2.00 bits per heavy atom. The molecule has 0 aliphatic carbocycles. The second kappa shape index (κ2) is 8.05. The van der Waals surface area contributed by atoms with Crippen LogP contribution >= 0.6 is 24.0 Å². The van der Waals surface area contributed by atoms with Gasteiger partial charge in [0.15, 0.2) is 0 Å². The molecule has 1 aromatic rings. The van der Waals surface area contributed by atoms with E-state index in [-0.39, 0.29) is 18.2 Å². The topological polar surface area (TPSA) is 15.3 Å². The third-order valence-electron chi connectivity index (χ3n) is 3.53. The summed E-state index contributed by atoms with van der Waals surface area (Å²) in [6.07, 6.45) is 2.42. The number of halogens is 3. The zero-order valence-electron chi connectivity index (χ0n) is 11.2. The Hall–Kier alpha value is -0.350. The van der Waals surface area contributed by atoms with Crippen LogP contribution in [0.25, 0.3) is 0 Å². The second-order valence-corrected chi connectivity index (χ2v) is 5.49. The first kappa shape index (κ1) is 16.7. The van der Waals surface area contributed by atoms with E-state index in [0.29, 0.717) is 5.02 Å². The van der Waals surface area contributed by atoms with Crippen molar-refractivity contribution in [3.8, 4) is 0 Å². The largest absolute Gasteiger partial charge is 0.319 e. The summed E-state index contributed by atoms with van der Waals surface area (Å²) < 4.78 is 13.2. The molecule has 0 radical (unpaired) electrons. The summed E-state index contributed by atoms with van der Waals surface area (Å²) in [4.78, 5) is 2.37. The molecule has 1 saturated heterocycles. The lowest BCUT2D eigenvalue weighted by molar-refractivity contribution is 0.176. The monoisotopic (exact) mass is 306 g/mol. The van der Waals surface area contributed by atoms with E-state index >= 15 is 0 Å². The highest BCUT2D eigenvalue weighted by atomic mass is 35.5. The number of nitrogens with zero attached hydrogens (tertiary/aromatic N) is 1. The van der Waals surface area contributed by atoms with Crippen LogP contribution < -0.4 is 5.32 Å². The van der Waals surface area contributed by atoms with E-state index in [4.69, 9.17) is 11.6 Å². The van der Waals surface area contributed by atoms with E-state index in [1.54, 1.807) is 6.07 Å². The van der Waals surface area contributed by atoms with E-state index in [2.05, 4.69) is 10.2 Å². The minimum absolute atomic E-state index is 0. The molecule has 2 nitrogen and oxygen atoms in total. The number of hydrogen-bond acceptors (Lipinski definition) is 2. The van der Waals surface area contributed by atoms with Crippen LogP contribution in [-0.4, -0.2) is 31.6 Å². The third kappa shape index (κ3) is 5.27. The van der Waals surface area contributed by atoms with Gasteiger partial charge in [0.2, 0.25) is 0 Å². The van der Waals surface area contributed by atoms with Gasteiger partial charge in [0.1, 0.15) is 5.82 Å². The molecule has 1 N–H and O–H groups in total. The molecule has 1 aliphatic heterocycles. The SMILES string of the molecule is CNCC1CCN(Cc2cc(F)cc(Cl)c2)CC1.Cl. The summed E-state index contributed by atoms with van der Waals surface area (Å²) in [6, 6.07) is 4.78. The fraction of sp³-hybridized carbons (Fsp3) is 0.571. The Morgan fingerprint density at radius 3 is 2.58 bits per heavy atom. The van der Waals surface area contributed by atoms with Gasteiger partial charge in [-0.15, -0.1) is 12.4 Å². The van der Waals surface area contributed by atoms with Gasteiger partial charge >= 0.3 is 0 Å². The predicted octanol–water partition coefficient (Wildman–Crippen LogP) is 3.33. The van der Waals surface area contributed by atoms with Crippen LogP contribution in [-0.2, 0) is 6.54 Å². The van der Waals surface area contributed by atoms with Crippen molar-refractivity contribution in [3.63, 3.8) is 0 Å². The first-order valence-electron chi connectivity index (χ1n) is 6.49. The maximum absolute atomic E-state index is 13.2. The van der Waals surface area contributed by atoms with Gasteiger partial charge in [-0.3, -0.25) is 4.90 Å². The van der Waals surface area contributed by atoms with Crippen LogP contribution in [0.3, 0.4) is 0 Å². The van der Waals surface area contributed by atoms with E-state index in [1.165, 1.54) is 18.9 Å².